The van der Waals surface area contributed by atoms with Crippen molar-refractivity contribution in [1.29, 1.82) is 0 Å². The van der Waals surface area contributed by atoms with Crippen LogP contribution in [0.4, 0.5) is 0 Å². The van der Waals surface area contributed by atoms with Gasteiger partial charge in [-0.05, 0) is 25.5 Å². The number of hydrogen-bond donors (Lipinski definition) is 1. The fraction of sp³-hybridized carbons (Fsp3) is 0.429. The molecular formula is C14H20N2O2. The second-order valence-electron chi connectivity index (χ2n) is 4.18. The average molecular weight is 248 g/mol. The monoisotopic (exact) mass is 248 g/mol. The summed E-state index contributed by atoms with van der Waals surface area (Å²) in [5.41, 5.74) is 1.92. The van der Waals surface area contributed by atoms with Gasteiger partial charge in [0.15, 0.2) is 0 Å². The Morgan fingerprint density at radius 2 is 2.33 bits per heavy atom. The molecule has 0 spiro atoms. The highest BCUT2D eigenvalue weighted by molar-refractivity contribution is 5.76. The maximum Gasteiger partial charge on any atom is 0.220 e. The van der Waals surface area contributed by atoms with Crippen LogP contribution in [-0.4, -0.2) is 30.6 Å². The maximum absolute atomic E-state index is 11.5. The molecule has 1 rings (SSSR count). The lowest BCUT2D eigenvalue weighted by Crippen LogP contribution is -2.27. The van der Waals surface area contributed by atoms with Gasteiger partial charge in [-0.3, -0.25) is 9.78 Å². The summed E-state index contributed by atoms with van der Waals surface area (Å²) in [6.45, 7) is 7.24. The molecule has 18 heavy (non-hydrogen) atoms. The zero-order chi connectivity index (χ0) is 13.2. The Balaban J connectivity index is 2.06. The van der Waals surface area contributed by atoms with Crippen LogP contribution in [0.5, 0.6) is 0 Å². The Hall–Kier alpha value is -1.68. The van der Waals surface area contributed by atoms with Crippen molar-refractivity contribution in [3.8, 4) is 0 Å². The minimum absolute atomic E-state index is 0.0274. The quantitative estimate of drug-likeness (QED) is 0.563. The summed E-state index contributed by atoms with van der Waals surface area (Å²) in [5.74, 6) is 0.0274. The van der Waals surface area contributed by atoms with Gasteiger partial charge >= 0.3 is 0 Å². The van der Waals surface area contributed by atoms with Crippen LogP contribution < -0.4 is 5.32 Å². The first-order valence-corrected chi connectivity index (χ1v) is 6.07. The molecule has 4 heteroatoms. The first-order valence-electron chi connectivity index (χ1n) is 6.07. The summed E-state index contributed by atoms with van der Waals surface area (Å²) in [6, 6.07) is 5.71. The summed E-state index contributed by atoms with van der Waals surface area (Å²) in [4.78, 5) is 15.7. The Kier molecular flexibility index (Phi) is 6.72. The molecule has 0 aromatic carbocycles. The highest BCUT2D eigenvalue weighted by Gasteiger charge is 2.01. The van der Waals surface area contributed by atoms with Gasteiger partial charge in [0.1, 0.15) is 0 Å². The van der Waals surface area contributed by atoms with E-state index >= 15 is 0 Å². The molecule has 0 radical (unpaired) electrons. The van der Waals surface area contributed by atoms with E-state index in [4.69, 9.17) is 4.74 Å². The van der Waals surface area contributed by atoms with E-state index in [2.05, 4.69) is 16.9 Å². The molecule has 0 aliphatic rings. The molecule has 1 N–H and O–H groups in total. The van der Waals surface area contributed by atoms with E-state index in [-0.39, 0.29) is 5.91 Å². The molecule has 0 unspecified atom stereocenters. The van der Waals surface area contributed by atoms with E-state index in [9.17, 15) is 4.79 Å². The summed E-state index contributed by atoms with van der Waals surface area (Å²) < 4.78 is 5.28. The number of amides is 1. The van der Waals surface area contributed by atoms with Gasteiger partial charge in [-0.15, -0.1) is 0 Å². The molecule has 1 heterocycles. The van der Waals surface area contributed by atoms with Crippen molar-refractivity contribution in [2.75, 3.05) is 19.8 Å². The molecule has 0 bridgehead atoms. The van der Waals surface area contributed by atoms with Gasteiger partial charge in [0.2, 0.25) is 5.91 Å². The van der Waals surface area contributed by atoms with Gasteiger partial charge in [0, 0.05) is 24.9 Å². The molecule has 1 aromatic rings. The third kappa shape index (κ3) is 6.81. The van der Waals surface area contributed by atoms with Gasteiger partial charge in [0.05, 0.1) is 13.2 Å². The van der Waals surface area contributed by atoms with E-state index in [0.717, 1.165) is 11.3 Å². The van der Waals surface area contributed by atoms with E-state index < -0.39 is 0 Å². The summed E-state index contributed by atoms with van der Waals surface area (Å²) >= 11 is 0. The highest BCUT2D eigenvalue weighted by Crippen LogP contribution is 1.97. The fourth-order valence-corrected chi connectivity index (χ4v) is 1.39. The molecule has 1 amide bonds. The number of nitrogens with one attached hydrogen (secondary N) is 1. The Morgan fingerprint density at radius 1 is 1.50 bits per heavy atom. The Bertz CT molecular complexity index is 377. The number of pyridine rings is 1. The molecule has 98 valence electrons. The molecule has 0 aliphatic carbocycles. The second-order valence-corrected chi connectivity index (χ2v) is 4.18. The van der Waals surface area contributed by atoms with Gasteiger partial charge in [0.25, 0.3) is 0 Å². The lowest BCUT2D eigenvalue weighted by Gasteiger charge is -2.06. The number of carbonyl (C=O) groups excluding carboxylic acids is 1. The van der Waals surface area contributed by atoms with Crippen LogP contribution in [0.3, 0.4) is 0 Å². The lowest BCUT2D eigenvalue weighted by atomic mass is 10.2. The Morgan fingerprint density at radius 3 is 3.00 bits per heavy atom. The number of nitrogens with zero attached hydrogens (tertiary/aromatic N) is 1. The first-order chi connectivity index (χ1) is 8.68. The van der Waals surface area contributed by atoms with E-state index in [1.807, 2.05) is 25.1 Å². The van der Waals surface area contributed by atoms with Gasteiger partial charge in [-0.1, -0.05) is 18.2 Å². The molecule has 1 aromatic heterocycles. The number of rotatable bonds is 8. The van der Waals surface area contributed by atoms with Crippen molar-refractivity contribution >= 4 is 5.91 Å². The molecule has 0 saturated heterocycles. The minimum atomic E-state index is 0.0274. The Labute approximate surface area is 108 Å². The van der Waals surface area contributed by atoms with Crippen molar-refractivity contribution in [2.24, 2.45) is 0 Å². The van der Waals surface area contributed by atoms with Crippen LogP contribution in [0.1, 0.15) is 19.0 Å². The molecule has 0 saturated carbocycles. The van der Waals surface area contributed by atoms with Gasteiger partial charge in [-0.2, -0.15) is 0 Å². The molecule has 0 fully saturated rings. The summed E-state index contributed by atoms with van der Waals surface area (Å²) in [7, 11) is 0. The van der Waals surface area contributed by atoms with Crippen LogP contribution in [0.2, 0.25) is 0 Å². The van der Waals surface area contributed by atoms with Gasteiger partial charge in [-0.25, -0.2) is 0 Å². The second kappa shape index (κ2) is 8.42. The maximum atomic E-state index is 11.5. The fourth-order valence-electron chi connectivity index (χ4n) is 1.39. The normalized spacial score (nSPS) is 10.1. The van der Waals surface area contributed by atoms with Crippen LogP contribution in [-0.2, 0) is 16.0 Å². The zero-order valence-corrected chi connectivity index (χ0v) is 10.8. The van der Waals surface area contributed by atoms with E-state index in [1.54, 1.807) is 6.20 Å². The van der Waals surface area contributed by atoms with Gasteiger partial charge < -0.3 is 10.1 Å². The summed E-state index contributed by atoms with van der Waals surface area (Å²) in [5, 5.41) is 2.81. The minimum Gasteiger partial charge on any atom is -0.375 e. The van der Waals surface area contributed by atoms with Crippen LogP contribution in [0, 0.1) is 0 Å². The van der Waals surface area contributed by atoms with Crippen molar-refractivity contribution in [3.63, 3.8) is 0 Å². The van der Waals surface area contributed by atoms with Crippen LogP contribution in [0.15, 0.2) is 36.5 Å². The van der Waals surface area contributed by atoms with Crippen LogP contribution >= 0.6 is 0 Å². The van der Waals surface area contributed by atoms with E-state index in [1.165, 1.54) is 0 Å². The number of hydrogen-bond acceptors (Lipinski definition) is 3. The van der Waals surface area contributed by atoms with Crippen molar-refractivity contribution < 1.29 is 9.53 Å². The number of ether oxygens (including phenoxy) is 1. The number of aryl methyl sites for hydroxylation is 1. The van der Waals surface area contributed by atoms with Crippen molar-refractivity contribution in [3.05, 3.63) is 42.2 Å². The standard InChI is InChI=1S/C14H20N2O2/c1-12(2)11-18-10-9-16-14(17)7-6-13-5-3-4-8-15-13/h3-5,8H,1,6-7,9-11H2,2H3,(H,16,17). The van der Waals surface area contributed by atoms with E-state index in [0.29, 0.717) is 32.6 Å². The molecule has 0 atom stereocenters. The summed E-state index contributed by atoms with van der Waals surface area (Å²) in [6.07, 6.45) is 2.86. The third-order valence-electron chi connectivity index (χ3n) is 2.25. The number of aromatic nitrogens is 1. The SMILES string of the molecule is C=C(C)COCCNC(=O)CCc1ccccn1. The smallest absolute Gasteiger partial charge is 0.220 e. The lowest BCUT2D eigenvalue weighted by molar-refractivity contribution is -0.121. The molecular weight excluding hydrogens is 228 g/mol. The zero-order valence-electron chi connectivity index (χ0n) is 10.8. The van der Waals surface area contributed by atoms with Crippen molar-refractivity contribution in [2.45, 2.75) is 19.8 Å². The largest absolute Gasteiger partial charge is 0.375 e. The highest BCUT2D eigenvalue weighted by atomic mass is 16.5. The first kappa shape index (κ1) is 14.4. The van der Waals surface area contributed by atoms with Crippen molar-refractivity contribution in [1.82, 2.24) is 10.3 Å². The third-order valence-corrected chi connectivity index (χ3v) is 2.25. The predicted molar refractivity (Wildman–Crippen MR) is 71.2 cm³/mol. The predicted octanol–water partition coefficient (Wildman–Crippen LogP) is 1.72. The van der Waals surface area contributed by atoms with Crippen LogP contribution in [0.25, 0.3) is 0 Å². The average Bonchev–Trinajstić information content (AvgIpc) is 2.37. The number of carbonyl (C=O) groups is 1. The topological polar surface area (TPSA) is 51.2 Å². The molecule has 0 aliphatic heterocycles. The molecule has 4 nitrogen and oxygen atoms in total.